The molecule has 1 N–H and O–H groups in total. The fraction of sp³-hybridized carbons (Fsp3) is 0.500. The summed E-state index contributed by atoms with van der Waals surface area (Å²) in [6, 6.07) is 5.70. The maximum Gasteiger partial charge on any atom is 0.225 e. The molecule has 1 aliphatic heterocycles. The Morgan fingerprint density at radius 2 is 2.23 bits per heavy atom. The summed E-state index contributed by atoms with van der Waals surface area (Å²) in [5.74, 6) is 0.646. The maximum atomic E-state index is 12.3. The Morgan fingerprint density at radius 3 is 2.91 bits per heavy atom. The first-order chi connectivity index (χ1) is 10.5. The molecule has 1 fully saturated rings. The molecular formula is C16H21BrN2O3. The predicted molar refractivity (Wildman–Crippen MR) is 87.5 cm³/mol. The Hall–Kier alpha value is -1.56. The number of likely N-dealkylation sites (tertiary alicyclic amines) is 1. The first-order valence-electron chi connectivity index (χ1n) is 7.37. The van der Waals surface area contributed by atoms with E-state index in [9.17, 15) is 9.59 Å². The second kappa shape index (κ2) is 7.63. The monoisotopic (exact) mass is 368 g/mol. The van der Waals surface area contributed by atoms with E-state index in [4.69, 9.17) is 4.74 Å². The van der Waals surface area contributed by atoms with Crippen molar-refractivity contribution in [3.8, 4) is 5.75 Å². The molecule has 0 radical (unpaired) electrons. The first kappa shape index (κ1) is 16.8. The van der Waals surface area contributed by atoms with E-state index >= 15 is 0 Å². The average Bonchev–Trinajstić information content (AvgIpc) is 2.52. The highest BCUT2D eigenvalue weighted by atomic mass is 79.9. The number of hydrogen-bond donors (Lipinski definition) is 1. The van der Waals surface area contributed by atoms with Gasteiger partial charge in [-0.3, -0.25) is 9.59 Å². The summed E-state index contributed by atoms with van der Waals surface area (Å²) >= 11 is 3.42. The van der Waals surface area contributed by atoms with Crippen LogP contribution in [0.2, 0.25) is 0 Å². The second-order valence-electron chi connectivity index (χ2n) is 5.48. The summed E-state index contributed by atoms with van der Waals surface area (Å²) < 4.78 is 6.24. The average molecular weight is 369 g/mol. The van der Waals surface area contributed by atoms with Crippen molar-refractivity contribution in [2.24, 2.45) is 5.92 Å². The van der Waals surface area contributed by atoms with Crippen molar-refractivity contribution in [2.45, 2.75) is 26.3 Å². The Balaban J connectivity index is 1.95. The summed E-state index contributed by atoms with van der Waals surface area (Å²) in [5.41, 5.74) is 0.921. The van der Waals surface area contributed by atoms with E-state index in [2.05, 4.69) is 21.2 Å². The van der Waals surface area contributed by atoms with Crippen molar-refractivity contribution >= 4 is 27.7 Å². The van der Waals surface area contributed by atoms with E-state index in [-0.39, 0.29) is 17.7 Å². The summed E-state index contributed by atoms with van der Waals surface area (Å²) in [5, 5.41) is 2.95. The summed E-state index contributed by atoms with van der Waals surface area (Å²) in [6.45, 7) is 3.22. The lowest BCUT2D eigenvalue weighted by Gasteiger charge is -2.31. The van der Waals surface area contributed by atoms with E-state index in [1.54, 1.807) is 18.9 Å². The summed E-state index contributed by atoms with van der Waals surface area (Å²) in [7, 11) is 1.61. The van der Waals surface area contributed by atoms with E-state index in [0.717, 1.165) is 35.2 Å². The largest absolute Gasteiger partial charge is 0.496 e. The standard InChI is InChI=1S/C16H21BrN2O3/c1-11(20)19-7-3-4-12(10-19)16(21)18-9-13-8-14(17)5-6-15(13)22-2/h5-6,8,12H,3-4,7,9-10H2,1-2H3,(H,18,21). The molecule has 1 aliphatic rings. The Morgan fingerprint density at radius 1 is 1.45 bits per heavy atom. The van der Waals surface area contributed by atoms with Crippen molar-refractivity contribution in [2.75, 3.05) is 20.2 Å². The SMILES string of the molecule is COc1ccc(Br)cc1CNC(=O)C1CCCN(C(C)=O)C1. The van der Waals surface area contributed by atoms with Gasteiger partial charge in [0.1, 0.15) is 5.75 Å². The molecule has 120 valence electrons. The van der Waals surface area contributed by atoms with Crippen molar-refractivity contribution in [3.05, 3.63) is 28.2 Å². The lowest BCUT2D eigenvalue weighted by atomic mass is 9.97. The number of carbonyl (C=O) groups excluding carboxylic acids is 2. The lowest BCUT2D eigenvalue weighted by Crippen LogP contribution is -2.44. The number of carbonyl (C=O) groups is 2. The molecule has 0 saturated carbocycles. The third-order valence-electron chi connectivity index (χ3n) is 3.93. The van der Waals surface area contributed by atoms with Crippen LogP contribution >= 0.6 is 15.9 Å². The Labute approximate surface area is 139 Å². The zero-order valence-corrected chi connectivity index (χ0v) is 14.5. The number of nitrogens with zero attached hydrogens (tertiary/aromatic N) is 1. The van der Waals surface area contributed by atoms with Crippen LogP contribution in [-0.4, -0.2) is 36.9 Å². The highest BCUT2D eigenvalue weighted by Gasteiger charge is 2.26. The van der Waals surface area contributed by atoms with Gasteiger partial charge in [-0.05, 0) is 31.0 Å². The highest BCUT2D eigenvalue weighted by molar-refractivity contribution is 9.10. The third kappa shape index (κ3) is 4.22. The van der Waals surface area contributed by atoms with Crippen LogP contribution in [0.4, 0.5) is 0 Å². The van der Waals surface area contributed by atoms with E-state index < -0.39 is 0 Å². The first-order valence-corrected chi connectivity index (χ1v) is 8.16. The van der Waals surface area contributed by atoms with E-state index in [1.807, 2.05) is 18.2 Å². The normalized spacial score (nSPS) is 18.0. The van der Waals surface area contributed by atoms with Crippen LogP contribution in [0, 0.1) is 5.92 Å². The van der Waals surface area contributed by atoms with Crippen LogP contribution in [0.3, 0.4) is 0 Å². The molecule has 0 bridgehead atoms. The minimum atomic E-state index is -0.129. The molecule has 1 aromatic rings. The molecule has 1 heterocycles. The Bertz CT molecular complexity index is 562. The molecule has 1 aromatic carbocycles. The quantitative estimate of drug-likeness (QED) is 0.886. The molecular weight excluding hydrogens is 348 g/mol. The topological polar surface area (TPSA) is 58.6 Å². The number of hydrogen-bond acceptors (Lipinski definition) is 3. The predicted octanol–water partition coefficient (Wildman–Crippen LogP) is 2.33. The zero-order valence-electron chi connectivity index (χ0n) is 12.9. The summed E-state index contributed by atoms with van der Waals surface area (Å²) in [6.07, 6.45) is 1.70. The van der Waals surface area contributed by atoms with Crippen LogP contribution in [0.5, 0.6) is 5.75 Å². The van der Waals surface area contributed by atoms with Crippen molar-refractivity contribution < 1.29 is 14.3 Å². The van der Waals surface area contributed by atoms with Crippen molar-refractivity contribution in [3.63, 3.8) is 0 Å². The molecule has 0 aliphatic carbocycles. The van der Waals surface area contributed by atoms with E-state index in [0.29, 0.717) is 13.1 Å². The van der Waals surface area contributed by atoms with Crippen LogP contribution in [-0.2, 0) is 16.1 Å². The second-order valence-corrected chi connectivity index (χ2v) is 6.39. The molecule has 1 saturated heterocycles. The van der Waals surface area contributed by atoms with Gasteiger partial charge in [-0.15, -0.1) is 0 Å². The molecule has 6 heteroatoms. The van der Waals surface area contributed by atoms with Gasteiger partial charge in [0.25, 0.3) is 0 Å². The number of halogens is 1. The van der Waals surface area contributed by atoms with Crippen LogP contribution < -0.4 is 10.1 Å². The molecule has 1 atom stereocenters. The Kier molecular flexibility index (Phi) is 5.83. The van der Waals surface area contributed by atoms with Crippen LogP contribution in [0.25, 0.3) is 0 Å². The highest BCUT2D eigenvalue weighted by Crippen LogP contribution is 2.23. The van der Waals surface area contributed by atoms with Crippen LogP contribution in [0.1, 0.15) is 25.3 Å². The minimum Gasteiger partial charge on any atom is -0.496 e. The van der Waals surface area contributed by atoms with Gasteiger partial charge in [-0.25, -0.2) is 0 Å². The van der Waals surface area contributed by atoms with Gasteiger partial charge < -0.3 is 15.0 Å². The number of piperidine rings is 1. The van der Waals surface area contributed by atoms with Gasteiger partial charge in [0.2, 0.25) is 11.8 Å². The third-order valence-corrected chi connectivity index (χ3v) is 4.43. The molecule has 1 unspecified atom stereocenters. The zero-order chi connectivity index (χ0) is 16.1. The van der Waals surface area contributed by atoms with Crippen molar-refractivity contribution in [1.82, 2.24) is 10.2 Å². The van der Waals surface area contributed by atoms with Gasteiger partial charge in [0.05, 0.1) is 13.0 Å². The number of rotatable bonds is 4. The number of benzene rings is 1. The number of nitrogens with one attached hydrogen (secondary N) is 1. The van der Waals surface area contributed by atoms with Crippen LogP contribution in [0.15, 0.2) is 22.7 Å². The molecule has 2 rings (SSSR count). The molecule has 0 spiro atoms. The smallest absolute Gasteiger partial charge is 0.225 e. The maximum absolute atomic E-state index is 12.3. The van der Waals surface area contributed by atoms with Crippen molar-refractivity contribution in [1.29, 1.82) is 0 Å². The molecule has 5 nitrogen and oxygen atoms in total. The lowest BCUT2D eigenvalue weighted by molar-refractivity contribution is -0.134. The molecule has 0 aromatic heterocycles. The summed E-state index contributed by atoms with van der Waals surface area (Å²) in [4.78, 5) is 25.5. The minimum absolute atomic E-state index is 0.00650. The number of methoxy groups -OCH3 is 1. The number of amides is 2. The van der Waals surface area contributed by atoms with E-state index in [1.165, 1.54) is 0 Å². The molecule has 2 amide bonds. The van der Waals surface area contributed by atoms with Gasteiger partial charge >= 0.3 is 0 Å². The van der Waals surface area contributed by atoms with Gasteiger partial charge in [-0.2, -0.15) is 0 Å². The van der Waals surface area contributed by atoms with Gasteiger partial charge in [0.15, 0.2) is 0 Å². The fourth-order valence-corrected chi connectivity index (χ4v) is 3.10. The number of ether oxygens (including phenoxy) is 1. The van der Waals surface area contributed by atoms with Gasteiger partial charge in [0, 0.05) is 36.6 Å². The van der Waals surface area contributed by atoms with Gasteiger partial charge in [-0.1, -0.05) is 15.9 Å². The fourth-order valence-electron chi connectivity index (χ4n) is 2.69. The molecule has 22 heavy (non-hydrogen) atoms.